The highest BCUT2D eigenvalue weighted by Crippen LogP contribution is 2.32. The van der Waals surface area contributed by atoms with Crippen LogP contribution in [-0.4, -0.2) is 17.3 Å². The van der Waals surface area contributed by atoms with Gasteiger partial charge >= 0.3 is 5.69 Å². The summed E-state index contributed by atoms with van der Waals surface area (Å²) < 4.78 is 18.4. The van der Waals surface area contributed by atoms with E-state index in [1.807, 2.05) is 0 Å². The first-order valence-electron chi connectivity index (χ1n) is 4.49. The number of ether oxygens (including phenoxy) is 1. The molecule has 0 heterocycles. The third-order valence-corrected chi connectivity index (χ3v) is 2.91. The molecule has 0 saturated carbocycles. The molecule has 0 aliphatic heterocycles. The number of nitro groups is 1. The molecule has 4 nitrogen and oxygen atoms in total. The smallest absolute Gasteiger partial charge is 0.312 e. The van der Waals surface area contributed by atoms with Gasteiger partial charge in [0.05, 0.1) is 9.40 Å². The van der Waals surface area contributed by atoms with Gasteiger partial charge in [-0.1, -0.05) is 6.58 Å². The van der Waals surface area contributed by atoms with Gasteiger partial charge in [-0.05, 0) is 21.5 Å². The van der Waals surface area contributed by atoms with Crippen molar-refractivity contribution in [1.29, 1.82) is 0 Å². The molecule has 0 saturated heterocycles. The highest BCUT2D eigenvalue weighted by molar-refractivity contribution is 9.10. The average Bonchev–Trinajstić information content (AvgIpc) is 2.29. The first-order valence-corrected chi connectivity index (χ1v) is 5.92. The van der Waals surface area contributed by atoms with Crippen molar-refractivity contribution in [2.75, 3.05) is 12.4 Å². The van der Waals surface area contributed by atoms with Crippen LogP contribution in [0.5, 0.6) is 5.75 Å². The molecule has 0 aromatic heterocycles. The number of nitro benzene ring substituents is 1. The number of rotatable bonds is 5. The molecule has 0 bridgehead atoms. The Morgan fingerprint density at radius 2 is 2.29 bits per heavy atom. The second-order valence-electron chi connectivity index (χ2n) is 3.19. The molecule has 0 fully saturated rings. The third kappa shape index (κ3) is 3.71. The lowest BCUT2D eigenvalue weighted by Gasteiger charge is -2.08. The molecular weight excluding hydrogens is 313 g/mol. The normalized spacial score (nSPS) is 10.1. The van der Waals surface area contributed by atoms with E-state index in [2.05, 4.69) is 35.1 Å². The minimum Gasteiger partial charge on any atom is -0.482 e. The summed E-state index contributed by atoms with van der Waals surface area (Å²) in [5.41, 5.74) is 0.344. The Kier molecular flexibility index (Phi) is 4.95. The van der Waals surface area contributed by atoms with Crippen LogP contribution in [0, 0.1) is 15.9 Å². The number of thiol groups is 1. The molecule has 17 heavy (non-hydrogen) atoms. The van der Waals surface area contributed by atoms with Gasteiger partial charge in [0.25, 0.3) is 0 Å². The molecule has 7 heteroatoms. The largest absolute Gasteiger partial charge is 0.482 e. The fourth-order valence-corrected chi connectivity index (χ4v) is 1.42. The minimum atomic E-state index is -0.636. The van der Waals surface area contributed by atoms with Crippen molar-refractivity contribution in [3.05, 3.63) is 44.7 Å². The SMILES string of the molecule is C=C(CS)COc1cc(F)c(Br)cc1[N+](=O)[O-]. The highest BCUT2D eigenvalue weighted by atomic mass is 79.9. The van der Waals surface area contributed by atoms with Gasteiger partial charge in [0.1, 0.15) is 12.4 Å². The van der Waals surface area contributed by atoms with Gasteiger partial charge in [-0.15, -0.1) is 0 Å². The summed E-state index contributed by atoms with van der Waals surface area (Å²) in [6.07, 6.45) is 0. The van der Waals surface area contributed by atoms with Crippen molar-refractivity contribution in [2.24, 2.45) is 0 Å². The Morgan fingerprint density at radius 3 is 2.82 bits per heavy atom. The lowest BCUT2D eigenvalue weighted by Crippen LogP contribution is -2.04. The molecule has 0 radical (unpaired) electrons. The van der Waals surface area contributed by atoms with Crippen LogP contribution in [0.1, 0.15) is 0 Å². The Hall–Kier alpha value is -1.08. The lowest BCUT2D eigenvalue weighted by molar-refractivity contribution is -0.385. The quantitative estimate of drug-likeness (QED) is 0.391. The van der Waals surface area contributed by atoms with Gasteiger partial charge in [0.2, 0.25) is 0 Å². The molecule has 0 amide bonds. The van der Waals surface area contributed by atoms with Crippen molar-refractivity contribution < 1.29 is 14.1 Å². The van der Waals surface area contributed by atoms with Crippen LogP contribution in [0.4, 0.5) is 10.1 Å². The molecule has 0 aliphatic rings. The number of benzene rings is 1. The molecular formula is C10H9BrFNO3S. The highest BCUT2D eigenvalue weighted by Gasteiger charge is 2.18. The molecule has 0 aliphatic carbocycles. The average molecular weight is 322 g/mol. The maximum absolute atomic E-state index is 13.2. The van der Waals surface area contributed by atoms with Crippen molar-refractivity contribution in [3.8, 4) is 5.75 Å². The fourth-order valence-electron chi connectivity index (χ4n) is 1.00. The van der Waals surface area contributed by atoms with Crippen LogP contribution in [0.2, 0.25) is 0 Å². The van der Waals surface area contributed by atoms with Gasteiger partial charge in [-0.3, -0.25) is 10.1 Å². The van der Waals surface area contributed by atoms with Crippen molar-refractivity contribution in [2.45, 2.75) is 0 Å². The Morgan fingerprint density at radius 1 is 1.65 bits per heavy atom. The summed E-state index contributed by atoms with van der Waals surface area (Å²) in [7, 11) is 0. The predicted octanol–water partition coefficient (Wildman–Crippen LogP) is 3.36. The van der Waals surface area contributed by atoms with E-state index in [1.165, 1.54) is 0 Å². The van der Waals surface area contributed by atoms with Crippen molar-refractivity contribution in [1.82, 2.24) is 0 Å². The summed E-state index contributed by atoms with van der Waals surface area (Å²) >= 11 is 6.85. The first kappa shape index (κ1) is 14.0. The van der Waals surface area contributed by atoms with Gasteiger partial charge in [0, 0.05) is 17.9 Å². The van der Waals surface area contributed by atoms with Gasteiger partial charge in [-0.2, -0.15) is 12.6 Å². The van der Waals surface area contributed by atoms with Crippen LogP contribution in [0.25, 0.3) is 0 Å². The van der Waals surface area contributed by atoms with E-state index in [-0.39, 0.29) is 22.5 Å². The maximum atomic E-state index is 13.2. The van der Waals surface area contributed by atoms with E-state index < -0.39 is 10.7 Å². The minimum absolute atomic E-state index is 0.0181. The Balaban J connectivity index is 3.00. The third-order valence-electron chi connectivity index (χ3n) is 1.85. The van der Waals surface area contributed by atoms with E-state index in [4.69, 9.17) is 4.74 Å². The van der Waals surface area contributed by atoms with Gasteiger partial charge in [-0.25, -0.2) is 4.39 Å². The summed E-state index contributed by atoms with van der Waals surface area (Å²) in [5, 5.41) is 10.7. The second kappa shape index (κ2) is 6.02. The van der Waals surface area contributed by atoms with E-state index in [1.54, 1.807) is 0 Å². The molecule has 0 atom stereocenters. The molecule has 1 aromatic rings. The van der Waals surface area contributed by atoms with Crippen LogP contribution in [0.3, 0.4) is 0 Å². The van der Waals surface area contributed by atoms with Crippen LogP contribution in [0.15, 0.2) is 28.8 Å². The zero-order valence-electron chi connectivity index (χ0n) is 8.65. The molecule has 1 aromatic carbocycles. The van der Waals surface area contributed by atoms with Crippen molar-refractivity contribution >= 4 is 34.2 Å². The summed E-state index contributed by atoms with van der Waals surface area (Å²) in [6.45, 7) is 3.69. The number of hydrogen-bond acceptors (Lipinski definition) is 4. The predicted molar refractivity (Wildman–Crippen MR) is 69.2 cm³/mol. The van der Waals surface area contributed by atoms with Gasteiger partial charge in [0.15, 0.2) is 5.75 Å². The van der Waals surface area contributed by atoms with E-state index in [0.29, 0.717) is 11.3 Å². The summed E-state index contributed by atoms with van der Waals surface area (Å²) in [4.78, 5) is 10.1. The number of hydrogen-bond donors (Lipinski definition) is 1. The molecule has 0 spiro atoms. The monoisotopic (exact) mass is 321 g/mol. The summed E-state index contributed by atoms with van der Waals surface area (Å²) in [6, 6.07) is 2.03. The van der Waals surface area contributed by atoms with Crippen LogP contribution >= 0.6 is 28.6 Å². The fraction of sp³-hybridized carbons (Fsp3) is 0.200. The van der Waals surface area contributed by atoms with E-state index >= 15 is 0 Å². The molecule has 0 N–H and O–H groups in total. The molecule has 0 unspecified atom stereocenters. The van der Waals surface area contributed by atoms with E-state index in [0.717, 1.165) is 12.1 Å². The Labute approximate surface area is 111 Å². The Bertz CT molecular complexity index is 467. The van der Waals surface area contributed by atoms with Crippen LogP contribution < -0.4 is 4.74 Å². The van der Waals surface area contributed by atoms with Crippen molar-refractivity contribution in [3.63, 3.8) is 0 Å². The number of halogens is 2. The first-order chi connectivity index (χ1) is 7.95. The molecule has 1 rings (SSSR count). The van der Waals surface area contributed by atoms with Crippen LogP contribution in [-0.2, 0) is 0 Å². The lowest BCUT2D eigenvalue weighted by atomic mass is 10.3. The van der Waals surface area contributed by atoms with E-state index in [9.17, 15) is 14.5 Å². The topological polar surface area (TPSA) is 52.4 Å². The second-order valence-corrected chi connectivity index (χ2v) is 4.36. The van der Waals surface area contributed by atoms with Gasteiger partial charge < -0.3 is 4.74 Å². The summed E-state index contributed by atoms with van der Waals surface area (Å²) in [5.74, 6) is -0.354. The zero-order valence-corrected chi connectivity index (χ0v) is 11.1. The number of nitrogens with zero attached hydrogens (tertiary/aromatic N) is 1. The molecule has 92 valence electrons. The zero-order chi connectivity index (χ0) is 13.0. The standard InChI is InChI=1S/C10H9BrFNO3S/c1-6(5-17)4-16-10-3-8(12)7(11)2-9(10)13(14)15/h2-3,17H,1,4-5H2. The maximum Gasteiger partial charge on any atom is 0.312 e.